The number of amides is 1. The van der Waals surface area contributed by atoms with Gasteiger partial charge in [-0.1, -0.05) is 30.3 Å². The second-order valence-corrected chi connectivity index (χ2v) is 5.86. The van der Waals surface area contributed by atoms with Crippen LogP contribution in [0.2, 0.25) is 0 Å². The van der Waals surface area contributed by atoms with Crippen molar-refractivity contribution < 1.29 is 4.79 Å². The van der Waals surface area contributed by atoms with Gasteiger partial charge < -0.3 is 4.90 Å². The summed E-state index contributed by atoms with van der Waals surface area (Å²) >= 11 is 0. The molecule has 2 aromatic rings. The number of hydrogen-bond acceptors (Lipinski definition) is 3. The van der Waals surface area contributed by atoms with Crippen LogP contribution in [0.3, 0.4) is 0 Å². The minimum absolute atomic E-state index is 0.100. The highest BCUT2D eigenvalue weighted by atomic mass is 16.2. The molecule has 0 aliphatic carbocycles. The van der Waals surface area contributed by atoms with Gasteiger partial charge in [-0.25, -0.2) is 0 Å². The monoisotopic (exact) mass is 298 g/mol. The Balaban J connectivity index is 1.59. The van der Waals surface area contributed by atoms with E-state index in [1.807, 2.05) is 24.8 Å². The van der Waals surface area contributed by atoms with E-state index in [0.717, 1.165) is 49.7 Å². The Morgan fingerprint density at radius 1 is 1.14 bits per heavy atom. The summed E-state index contributed by atoms with van der Waals surface area (Å²) in [6, 6.07) is 10.5. The van der Waals surface area contributed by atoms with Crippen LogP contribution in [0.4, 0.5) is 0 Å². The second-order valence-electron chi connectivity index (χ2n) is 5.86. The summed E-state index contributed by atoms with van der Waals surface area (Å²) in [5.74, 6) is 0.100. The van der Waals surface area contributed by atoms with E-state index in [4.69, 9.17) is 0 Å². The third-order valence-electron chi connectivity index (χ3n) is 4.25. The lowest BCUT2D eigenvalue weighted by Gasteiger charge is -2.34. The van der Waals surface area contributed by atoms with Crippen molar-refractivity contribution in [2.24, 2.45) is 0 Å². The van der Waals surface area contributed by atoms with Crippen LogP contribution in [0.1, 0.15) is 27.3 Å². The third-order valence-corrected chi connectivity index (χ3v) is 4.25. The van der Waals surface area contributed by atoms with E-state index in [0.29, 0.717) is 0 Å². The Bertz CT molecular complexity index is 622. The molecule has 1 N–H and O–H groups in total. The number of H-pyrrole nitrogens is 1. The van der Waals surface area contributed by atoms with Gasteiger partial charge in [0.2, 0.25) is 0 Å². The first kappa shape index (κ1) is 14.8. The van der Waals surface area contributed by atoms with Crippen LogP contribution >= 0.6 is 0 Å². The zero-order valence-electron chi connectivity index (χ0n) is 13.2. The largest absolute Gasteiger partial charge is 0.336 e. The number of hydrogen-bond donors (Lipinski definition) is 1. The average molecular weight is 298 g/mol. The topological polar surface area (TPSA) is 52.2 Å². The molecule has 1 fully saturated rings. The lowest BCUT2D eigenvalue weighted by Crippen LogP contribution is -2.48. The molecule has 0 unspecified atom stereocenters. The van der Waals surface area contributed by atoms with Crippen LogP contribution in [0.5, 0.6) is 0 Å². The summed E-state index contributed by atoms with van der Waals surface area (Å²) in [5.41, 5.74) is 3.70. The molecule has 2 heterocycles. The number of aromatic amines is 1. The maximum Gasteiger partial charge on any atom is 0.257 e. The normalized spacial score (nSPS) is 16.0. The predicted molar refractivity (Wildman–Crippen MR) is 85.7 cm³/mol. The van der Waals surface area contributed by atoms with Crippen LogP contribution in [-0.4, -0.2) is 52.1 Å². The molecule has 1 amide bonds. The minimum Gasteiger partial charge on any atom is -0.336 e. The molecule has 1 aliphatic rings. The molecule has 3 rings (SSSR count). The van der Waals surface area contributed by atoms with Crippen molar-refractivity contribution in [3.63, 3.8) is 0 Å². The van der Waals surface area contributed by atoms with Gasteiger partial charge >= 0.3 is 0 Å². The van der Waals surface area contributed by atoms with Gasteiger partial charge in [-0.2, -0.15) is 5.10 Å². The van der Waals surface area contributed by atoms with E-state index < -0.39 is 0 Å². The van der Waals surface area contributed by atoms with E-state index in [-0.39, 0.29) is 5.91 Å². The summed E-state index contributed by atoms with van der Waals surface area (Å²) in [7, 11) is 0. The predicted octanol–water partition coefficient (Wildman–Crippen LogP) is 1.98. The van der Waals surface area contributed by atoms with Gasteiger partial charge in [-0.3, -0.25) is 14.8 Å². The molecule has 1 saturated heterocycles. The summed E-state index contributed by atoms with van der Waals surface area (Å²) in [6.07, 6.45) is 0. The van der Waals surface area contributed by atoms with E-state index in [1.165, 1.54) is 5.56 Å². The number of aryl methyl sites for hydroxylation is 2. The lowest BCUT2D eigenvalue weighted by atomic mass is 10.1. The third kappa shape index (κ3) is 3.04. The Morgan fingerprint density at radius 2 is 1.82 bits per heavy atom. The zero-order chi connectivity index (χ0) is 15.5. The first-order valence-electron chi connectivity index (χ1n) is 7.72. The van der Waals surface area contributed by atoms with Crippen molar-refractivity contribution in [2.75, 3.05) is 26.2 Å². The molecule has 5 nitrogen and oxygen atoms in total. The van der Waals surface area contributed by atoms with Crippen LogP contribution < -0.4 is 0 Å². The van der Waals surface area contributed by atoms with Gasteiger partial charge in [-0.05, 0) is 19.4 Å². The Labute approximate surface area is 130 Å². The van der Waals surface area contributed by atoms with Crippen molar-refractivity contribution in [1.82, 2.24) is 20.0 Å². The molecule has 1 aromatic heterocycles. The van der Waals surface area contributed by atoms with Gasteiger partial charge in [-0.15, -0.1) is 0 Å². The molecule has 0 atom stereocenters. The highest BCUT2D eigenvalue weighted by molar-refractivity contribution is 5.96. The molecule has 1 aliphatic heterocycles. The molecule has 1 aromatic carbocycles. The molecule has 0 bridgehead atoms. The fraction of sp³-hybridized carbons (Fsp3) is 0.412. The van der Waals surface area contributed by atoms with Crippen LogP contribution in [0, 0.1) is 13.8 Å². The first-order chi connectivity index (χ1) is 10.6. The van der Waals surface area contributed by atoms with Crippen molar-refractivity contribution in [1.29, 1.82) is 0 Å². The maximum atomic E-state index is 12.6. The van der Waals surface area contributed by atoms with Gasteiger partial charge in [0, 0.05) is 38.4 Å². The lowest BCUT2D eigenvalue weighted by molar-refractivity contribution is 0.0627. The quantitative estimate of drug-likeness (QED) is 0.943. The summed E-state index contributed by atoms with van der Waals surface area (Å²) in [5, 5.41) is 7.01. The molecule has 116 valence electrons. The van der Waals surface area contributed by atoms with Crippen molar-refractivity contribution in [3.8, 4) is 0 Å². The molecule has 0 spiro atoms. The Morgan fingerprint density at radius 3 is 2.41 bits per heavy atom. The fourth-order valence-electron chi connectivity index (χ4n) is 2.97. The fourth-order valence-corrected chi connectivity index (χ4v) is 2.97. The number of aromatic nitrogens is 2. The van der Waals surface area contributed by atoms with Crippen molar-refractivity contribution >= 4 is 5.91 Å². The van der Waals surface area contributed by atoms with Gasteiger partial charge in [0.15, 0.2) is 0 Å². The Hall–Kier alpha value is -2.14. The molecular formula is C17H22N4O. The van der Waals surface area contributed by atoms with Crippen molar-refractivity contribution in [2.45, 2.75) is 20.4 Å². The molecule has 5 heteroatoms. The number of carbonyl (C=O) groups is 1. The smallest absolute Gasteiger partial charge is 0.257 e. The maximum absolute atomic E-state index is 12.6. The van der Waals surface area contributed by atoms with Gasteiger partial charge in [0.1, 0.15) is 0 Å². The van der Waals surface area contributed by atoms with E-state index in [1.54, 1.807) is 0 Å². The number of rotatable bonds is 3. The van der Waals surface area contributed by atoms with E-state index >= 15 is 0 Å². The molecule has 0 saturated carbocycles. The number of nitrogens with zero attached hydrogens (tertiary/aromatic N) is 3. The molecule has 0 radical (unpaired) electrons. The van der Waals surface area contributed by atoms with Crippen molar-refractivity contribution in [3.05, 3.63) is 52.8 Å². The summed E-state index contributed by atoms with van der Waals surface area (Å²) < 4.78 is 0. The molecular weight excluding hydrogens is 276 g/mol. The summed E-state index contributed by atoms with van der Waals surface area (Å²) in [4.78, 5) is 16.9. The van der Waals surface area contributed by atoms with Crippen LogP contribution in [0.25, 0.3) is 0 Å². The van der Waals surface area contributed by atoms with Crippen LogP contribution in [0.15, 0.2) is 30.3 Å². The van der Waals surface area contributed by atoms with Gasteiger partial charge in [0.05, 0.1) is 11.3 Å². The zero-order valence-corrected chi connectivity index (χ0v) is 13.2. The number of carbonyl (C=O) groups excluding carboxylic acids is 1. The number of nitrogens with one attached hydrogen (secondary N) is 1. The number of piperazine rings is 1. The van der Waals surface area contributed by atoms with E-state index in [9.17, 15) is 4.79 Å². The second kappa shape index (κ2) is 6.32. The van der Waals surface area contributed by atoms with Gasteiger partial charge in [0.25, 0.3) is 5.91 Å². The summed E-state index contributed by atoms with van der Waals surface area (Å²) in [6.45, 7) is 8.10. The first-order valence-corrected chi connectivity index (χ1v) is 7.72. The molecule has 22 heavy (non-hydrogen) atoms. The number of benzene rings is 1. The SMILES string of the molecule is Cc1n[nH]c(C)c1C(=O)N1CCN(Cc2ccccc2)CC1. The van der Waals surface area contributed by atoms with Crippen LogP contribution in [-0.2, 0) is 6.54 Å². The minimum atomic E-state index is 0.100. The Kier molecular flexibility index (Phi) is 4.24. The highest BCUT2D eigenvalue weighted by Crippen LogP contribution is 2.15. The highest BCUT2D eigenvalue weighted by Gasteiger charge is 2.25. The average Bonchev–Trinajstić information content (AvgIpc) is 2.87. The van der Waals surface area contributed by atoms with E-state index in [2.05, 4.69) is 39.4 Å². The standard InChI is InChI=1S/C17H22N4O/c1-13-16(14(2)19-18-13)17(22)21-10-8-20(9-11-21)12-15-6-4-3-5-7-15/h3-7H,8-12H2,1-2H3,(H,18,19).